The second-order valence-electron chi connectivity index (χ2n) is 4.98. The summed E-state index contributed by atoms with van der Waals surface area (Å²) in [6.45, 7) is 1.35. The third kappa shape index (κ3) is 2.61. The third-order valence-corrected chi connectivity index (χ3v) is 3.55. The van der Waals surface area contributed by atoms with Crippen LogP contribution in [0.1, 0.15) is 25.3 Å². The molecular formula is C14H17NO4. The van der Waals surface area contributed by atoms with E-state index >= 15 is 0 Å². The van der Waals surface area contributed by atoms with Crippen LogP contribution >= 0.6 is 0 Å². The molecule has 0 aromatic heterocycles. The fourth-order valence-electron chi connectivity index (χ4n) is 2.20. The summed E-state index contributed by atoms with van der Waals surface area (Å²) >= 11 is 0. The van der Waals surface area contributed by atoms with Gasteiger partial charge in [0, 0.05) is 0 Å². The summed E-state index contributed by atoms with van der Waals surface area (Å²) in [7, 11) is 0. The Morgan fingerprint density at radius 2 is 1.84 bits per heavy atom. The molecule has 1 amide bonds. The molecular weight excluding hydrogens is 246 g/mol. The minimum absolute atomic E-state index is 0.327. The normalized spacial score (nSPS) is 19.3. The molecule has 2 rings (SSSR count). The lowest BCUT2D eigenvalue weighted by molar-refractivity contribution is -0.145. The molecule has 0 saturated heterocycles. The van der Waals surface area contributed by atoms with E-state index in [1.807, 2.05) is 30.3 Å². The lowest BCUT2D eigenvalue weighted by Crippen LogP contribution is -2.50. The molecule has 0 spiro atoms. The van der Waals surface area contributed by atoms with Gasteiger partial charge in [-0.15, -0.1) is 0 Å². The third-order valence-electron chi connectivity index (χ3n) is 3.55. The van der Waals surface area contributed by atoms with Gasteiger partial charge in [0.2, 0.25) is 5.91 Å². The maximum absolute atomic E-state index is 12.3. The van der Waals surface area contributed by atoms with Crippen LogP contribution in [-0.2, 0) is 15.0 Å². The number of hydrogen-bond acceptors (Lipinski definition) is 3. The van der Waals surface area contributed by atoms with Crippen LogP contribution in [0.2, 0.25) is 0 Å². The molecule has 19 heavy (non-hydrogen) atoms. The number of carboxylic acid groups (broad SMARTS) is 1. The number of rotatable bonds is 5. The molecule has 1 aliphatic rings. The fourth-order valence-corrected chi connectivity index (χ4v) is 2.20. The molecule has 2 atom stereocenters. The zero-order chi connectivity index (χ0) is 14.0. The minimum Gasteiger partial charge on any atom is -0.480 e. The zero-order valence-corrected chi connectivity index (χ0v) is 10.7. The second kappa shape index (κ2) is 5.01. The first-order chi connectivity index (χ1) is 8.97. The molecule has 1 aromatic carbocycles. The average Bonchev–Trinajstić information content (AvgIpc) is 3.17. The Labute approximate surface area is 111 Å². The molecule has 1 aliphatic carbocycles. The van der Waals surface area contributed by atoms with Crippen LogP contribution < -0.4 is 5.32 Å². The van der Waals surface area contributed by atoms with Crippen molar-refractivity contribution in [1.29, 1.82) is 0 Å². The summed E-state index contributed by atoms with van der Waals surface area (Å²) in [4.78, 5) is 23.2. The van der Waals surface area contributed by atoms with E-state index in [2.05, 4.69) is 5.32 Å². The number of carbonyl (C=O) groups is 2. The van der Waals surface area contributed by atoms with Gasteiger partial charge in [0.1, 0.15) is 0 Å². The van der Waals surface area contributed by atoms with Gasteiger partial charge in [-0.3, -0.25) is 4.79 Å². The quantitative estimate of drug-likeness (QED) is 0.728. The van der Waals surface area contributed by atoms with Gasteiger partial charge in [0.15, 0.2) is 6.04 Å². The first-order valence-electron chi connectivity index (χ1n) is 6.25. The highest BCUT2D eigenvalue weighted by Gasteiger charge is 2.52. The van der Waals surface area contributed by atoms with Crippen molar-refractivity contribution in [3.63, 3.8) is 0 Å². The van der Waals surface area contributed by atoms with Gasteiger partial charge in [0.25, 0.3) is 0 Å². The summed E-state index contributed by atoms with van der Waals surface area (Å²) in [5.74, 6) is -1.56. The molecule has 0 bridgehead atoms. The number of benzene rings is 1. The number of aliphatic carboxylic acids is 1. The van der Waals surface area contributed by atoms with Crippen LogP contribution in [0.4, 0.5) is 0 Å². The van der Waals surface area contributed by atoms with Crippen LogP contribution in [0.25, 0.3) is 0 Å². The molecule has 2 unspecified atom stereocenters. The number of amides is 1. The van der Waals surface area contributed by atoms with Crippen molar-refractivity contribution in [2.75, 3.05) is 0 Å². The summed E-state index contributed by atoms with van der Waals surface area (Å²) < 4.78 is 0. The Balaban J connectivity index is 2.14. The van der Waals surface area contributed by atoms with Crippen molar-refractivity contribution in [1.82, 2.24) is 5.32 Å². The Kier molecular flexibility index (Phi) is 3.57. The van der Waals surface area contributed by atoms with E-state index in [9.17, 15) is 14.7 Å². The first-order valence-corrected chi connectivity index (χ1v) is 6.25. The van der Waals surface area contributed by atoms with Gasteiger partial charge in [0.05, 0.1) is 11.5 Å². The van der Waals surface area contributed by atoms with E-state index in [0.717, 1.165) is 5.56 Å². The van der Waals surface area contributed by atoms with E-state index in [0.29, 0.717) is 12.8 Å². The van der Waals surface area contributed by atoms with Crippen LogP contribution in [0.3, 0.4) is 0 Å². The second-order valence-corrected chi connectivity index (χ2v) is 4.98. The van der Waals surface area contributed by atoms with Gasteiger partial charge in [-0.1, -0.05) is 30.3 Å². The molecule has 3 N–H and O–H groups in total. The van der Waals surface area contributed by atoms with E-state index in [-0.39, 0.29) is 5.91 Å². The fraction of sp³-hybridized carbons (Fsp3) is 0.429. The van der Waals surface area contributed by atoms with Crippen molar-refractivity contribution in [2.24, 2.45) is 0 Å². The Bertz CT molecular complexity index is 479. The van der Waals surface area contributed by atoms with Gasteiger partial charge in [-0.2, -0.15) is 0 Å². The maximum atomic E-state index is 12.3. The highest BCUT2D eigenvalue weighted by Crippen LogP contribution is 2.48. The molecule has 1 saturated carbocycles. The van der Waals surface area contributed by atoms with Crippen molar-refractivity contribution < 1.29 is 19.8 Å². The molecule has 5 heteroatoms. The van der Waals surface area contributed by atoms with Gasteiger partial charge >= 0.3 is 5.97 Å². The van der Waals surface area contributed by atoms with Crippen molar-refractivity contribution >= 4 is 11.9 Å². The van der Waals surface area contributed by atoms with E-state index < -0.39 is 23.5 Å². The largest absolute Gasteiger partial charge is 0.480 e. The number of nitrogens with one attached hydrogen (secondary N) is 1. The van der Waals surface area contributed by atoms with E-state index in [4.69, 9.17) is 5.11 Å². The predicted molar refractivity (Wildman–Crippen MR) is 68.6 cm³/mol. The van der Waals surface area contributed by atoms with Crippen LogP contribution in [0.5, 0.6) is 0 Å². The predicted octanol–water partition coefficient (Wildman–Crippen LogP) is 0.668. The molecule has 0 heterocycles. The molecule has 102 valence electrons. The Morgan fingerprint density at radius 1 is 1.26 bits per heavy atom. The van der Waals surface area contributed by atoms with Gasteiger partial charge < -0.3 is 15.5 Å². The summed E-state index contributed by atoms with van der Waals surface area (Å²) in [6, 6.07) is 8.04. The van der Waals surface area contributed by atoms with Crippen molar-refractivity contribution in [2.45, 2.75) is 37.3 Å². The van der Waals surface area contributed by atoms with Crippen molar-refractivity contribution in [3.8, 4) is 0 Å². The number of hydrogen-bond donors (Lipinski definition) is 3. The summed E-state index contributed by atoms with van der Waals surface area (Å²) in [5.41, 5.74) is 0.270. The Morgan fingerprint density at radius 3 is 2.26 bits per heavy atom. The SMILES string of the molecule is CC(O)C(NC(=O)C1(c2ccccc2)CC1)C(=O)O. The molecule has 1 fully saturated rings. The van der Waals surface area contributed by atoms with E-state index in [1.165, 1.54) is 6.92 Å². The lowest BCUT2D eigenvalue weighted by atomic mass is 9.94. The first kappa shape index (κ1) is 13.5. The molecule has 0 radical (unpaired) electrons. The number of carboxylic acids is 1. The van der Waals surface area contributed by atoms with E-state index in [1.54, 1.807) is 0 Å². The van der Waals surface area contributed by atoms with Gasteiger partial charge in [-0.05, 0) is 25.3 Å². The maximum Gasteiger partial charge on any atom is 0.328 e. The van der Waals surface area contributed by atoms with Crippen molar-refractivity contribution in [3.05, 3.63) is 35.9 Å². The standard InChI is InChI=1S/C14H17NO4/c1-9(16)11(12(17)18)15-13(19)14(7-8-14)10-5-3-2-4-6-10/h2-6,9,11,16H,7-8H2,1H3,(H,15,19)(H,17,18). The van der Waals surface area contributed by atoms with Crippen LogP contribution in [0.15, 0.2) is 30.3 Å². The highest BCUT2D eigenvalue weighted by atomic mass is 16.4. The smallest absolute Gasteiger partial charge is 0.328 e. The van der Waals surface area contributed by atoms with Crippen LogP contribution in [0, 0.1) is 0 Å². The van der Waals surface area contributed by atoms with Crippen LogP contribution in [-0.4, -0.2) is 34.2 Å². The lowest BCUT2D eigenvalue weighted by Gasteiger charge is -2.21. The number of aliphatic hydroxyl groups is 1. The molecule has 0 aliphatic heterocycles. The summed E-state index contributed by atoms with van der Waals surface area (Å²) in [5, 5.41) is 20.8. The molecule has 1 aromatic rings. The number of carbonyl (C=O) groups excluding carboxylic acids is 1. The highest BCUT2D eigenvalue weighted by molar-refractivity contribution is 5.94. The number of aliphatic hydroxyl groups excluding tert-OH is 1. The van der Waals surface area contributed by atoms with Gasteiger partial charge in [-0.25, -0.2) is 4.79 Å². The average molecular weight is 263 g/mol. The minimum atomic E-state index is -1.27. The topological polar surface area (TPSA) is 86.6 Å². The summed E-state index contributed by atoms with van der Waals surface area (Å²) in [6.07, 6.45) is 0.275. The molecule has 5 nitrogen and oxygen atoms in total. The monoisotopic (exact) mass is 263 g/mol. The zero-order valence-electron chi connectivity index (χ0n) is 10.7. The Hall–Kier alpha value is -1.88.